The van der Waals surface area contributed by atoms with Gasteiger partial charge in [-0.25, -0.2) is 9.59 Å². The molecule has 0 radical (unpaired) electrons. The molecule has 20 heavy (non-hydrogen) atoms. The molecule has 1 fully saturated rings. The number of urea groups is 1. The number of nitrogens with one attached hydrogen (secondary N) is 2. The van der Waals surface area contributed by atoms with Gasteiger partial charge in [-0.05, 0) is 49.9 Å². The van der Waals surface area contributed by atoms with Gasteiger partial charge in [-0.2, -0.15) is 0 Å². The van der Waals surface area contributed by atoms with Crippen LogP contribution in [-0.4, -0.2) is 23.1 Å². The summed E-state index contributed by atoms with van der Waals surface area (Å²) in [6.07, 6.45) is 4.84. The molecule has 0 aromatic heterocycles. The molecular weight excluding hydrogens is 256 g/mol. The highest BCUT2D eigenvalue weighted by molar-refractivity contribution is 5.91. The molecule has 2 rings (SSSR count). The van der Waals surface area contributed by atoms with Gasteiger partial charge in [0, 0.05) is 11.7 Å². The molecule has 1 aromatic rings. The summed E-state index contributed by atoms with van der Waals surface area (Å²) >= 11 is 0. The van der Waals surface area contributed by atoms with Crippen molar-refractivity contribution in [3.8, 4) is 0 Å². The Morgan fingerprint density at radius 1 is 1.20 bits per heavy atom. The first-order chi connectivity index (χ1) is 9.56. The van der Waals surface area contributed by atoms with Crippen molar-refractivity contribution in [3.05, 3.63) is 29.8 Å². The molecule has 0 heterocycles. The largest absolute Gasteiger partial charge is 0.478 e. The van der Waals surface area contributed by atoms with Crippen molar-refractivity contribution >= 4 is 17.7 Å². The van der Waals surface area contributed by atoms with Crippen LogP contribution in [0.5, 0.6) is 0 Å². The van der Waals surface area contributed by atoms with Gasteiger partial charge in [0.15, 0.2) is 0 Å². The molecule has 5 heteroatoms. The van der Waals surface area contributed by atoms with Gasteiger partial charge in [0.25, 0.3) is 0 Å². The van der Waals surface area contributed by atoms with Gasteiger partial charge < -0.3 is 15.7 Å². The summed E-state index contributed by atoms with van der Waals surface area (Å²) < 4.78 is 0. The number of carboxylic acid groups (broad SMARTS) is 1. The van der Waals surface area contributed by atoms with Crippen LogP contribution in [0.15, 0.2) is 24.3 Å². The van der Waals surface area contributed by atoms with Gasteiger partial charge >= 0.3 is 12.0 Å². The summed E-state index contributed by atoms with van der Waals surface area (Å²) in [6, 6.07) is 6.03. The van der Waals surface area contributed by atoms with Crippen LogP contribution in [0.25, 0.3) is 0 Å². The van der Waals surface area contributed by atoms with Crippen molar-refractivity contribution < 1.29 is 14.7 Å². The van der Waals surface area contributed by atoms with Crippen LogP contribution >= 0.6 is 0 Å². The van der Waals surface area contributed by atoms with E-state index in [1.54, 1.807) is 12.1 Å². The van der Waals surface area contributed by atoms with E-state index >= 15 is 0 Å². The van der Waals surface area contributed by atoms with Crippen LogP contribution in [0.2, 0.25) is 0 Å². The maximum atomic E-state index is 11.9. The Bertz CT molecular complexity index is 478. The number of aromatic carboxylic acids is 1. The molecule has 0 aliphatic heterocycles. The fourth-order valence-corrected chi connectivity index (χ4v) is 2.65. The average molecular weight is 276 g/mol. The van der Waals surface area contributed by atoms with Crippen molar-refractivity contribution in [2.45, 2.75) is 38.6 Å². The Balaban J connectivity index is 1.85. The van der Waals surface area contributed by atoms with Crippen molar-refractivity contribution in [3.63, 3.8) is 0 Å². The molecule has 0 spiro atoms. The second-order valence-corrected chi connectivity index (χ2v) is 5.31. The number of rotatable bonds is 4. The van der Waals surface area contributed by atoms with E-state index in [1.807, 2.05) is 6.92 Å². The molecule has 1 saturated carbocycles. The smallest absolute Gasteiger partial charge is 0.335 e. The van der Waals surface area contributed by atoms with Gasteiger partial charge in [0.2, 0.25) is 0 Å². The highest BCUT2D eigenvalue weighted by Gasteiger charge is 2.22. The van der Waals surface area contributed by atoms with E-state index in [9.17, 15) is 9.59 Å². The van der Waals surface area contributed by atoms with Crippen LogP contribution in [0.4, 0.5) is 10.5 Å². The lowest BCUT2D eigenvalue weighted by Gasteiger charge is -2.20. The monoisotopic (exact) mass is 276 g/mol. The average Bonchev–Trinajstić information content (AvgIpc) is 2.93. The molecule has 1 aromatic carbocycles. The topological polar surface area (TPSA) is 78.4 Å². The number of carbonyl (C=O) groups excluding carboxylic acids is 1. The van der Waals surface area contributed by atoms with Gasteiger partial charge in [0.1, 0.15) is 0 Å². The van der Waals surface area contributed by atoms with Crippen LogP contribution in [0.1, 0.15) is 43.0 Å². The number of carboxylic acids is 1. The molecule has 5 nitrogen and oxygen atoms in total. The molecule has 2 amide bonds. The van der Waals surface area contributed by atoms with E-state index in [0.717, 1.165) is 0 Å². The molecule has 108 valence electrons. The van der Waals surface area contributed by atoms with Crippen LogP contribution in [-0.2, 0) is 0 Å². The first kappa shape index (κ1) is 14.4. The fourth-order valence-electron chi connectivity index (χ4n) is 2.65. The fraction of sp³-hybridized carbons (Fsp3) is 0.467. The normalized spacial score (nSPS) is 16.6. The van der Waals surface area contributed by atoms with Gasteiger partial charge in [0.05, 0.1) is 5.56 Å². The number of hydrogen-bond donors (Lipinski definition) is 3. The van der Waals surface area contributed by atoms with Crippen molar-refractivity contribution in [1.82, 2.24) is 5.32 Å². The Labute approximate surface area is 118 Å². The Kier molecular flexibility index (Phi) is 4.61. The zero-order chi connectivity index (χ0) is 14.5. The highest BCUT2D eigenvalue weighted by atomic mass is 16.4. The zero-order valence-electron chi connectivity index (χ0n) is 11.6. The van der Waals surface area contributed by atoms with Crippen LogP contribution in [0.3, 0.4) is 0 Å². The minimum Gasteiger partial charge on any atom is -0.478 e. The minimum absolute atomic E-state index is 0.163. The lowest BCUT2D eigenvalue weighted by atomic mass is 10.0. The van der Waals surface area contributed by atoms with Gasteiger partial charge in [-0.15, -0.1) is 0 Å². The number of carbonyl (C=O) groups is 2. The van der Waals surface area contributed by atoms with E-state index < -0.39 is 5.97 Å². The third kappa shape index (κ3) is 3.73. The summed E-state index contributed by atoms with van der Waals surface area (Å²) in [5, 5.41) is 14.5. The predicted molar refractivity (Wildman–Crippen MR) is 77.0 cm³/mol. The lowest BCUT2D eigenvalue weighted by molar-refractivity contribution is 0.0697. The minimum atomic E-state index is -0.976. The first-order valence-corrected chi connectivity index (χ1v) is 6.97. The molecule has 1 unspecified atom stereocenters. The number of anilines is 1. The lowest BCUT2D eigenvalue weighted by Crippen LogP contribution is -2.39. The summed E-state index contributed by atoms with van der Waals surface area (Å²) in [5.41, 5.74) is 0.793. The maximum Gasteiger partial charge on any atom is 0.335 e. The standard InChI is InChI=1S/C15H20N2O3/c1-10(11-4-2-3-5-11)16-15(20)17-13-8-6-12(7-9-13)14(18)19/h6-11H,2-5H2,1H3,(H,18,19)(H2,16,17,20). The predicted octanol–water partition coefficient (Wildman–Crippen LogP) is 3.09. The van der Waals surface area contributed by atoms with Crippen molar-refractivity contribution in [2.24, 2.45) is 5.92 Å². The molecule has 1 atom stereocenters. The number of benzene rings is 1. The van der Waals surface area contributed by atoms with Crippen molar-refractivity contribution in [2.75, 3.05) is 5.32 Å². The van der Waals surface area contributed by atoms with E-state index in [1.165, 1.54) is 37.8 Å². The maximum absolute atomic E-state index is 11.9. The Morgan fingerprint density at radius 2 is 1.80 bits per heavy atom. The molecule has 0 bridgehead atoms. The molecule has 1 aliphatic carbocycles. The summed E-state index contributed by atoms with van der Waals surface area (Å²) in [6.45, 7) is 2.03. The number of hydrogen-bond acceptors (Lipinski definition) is 2. The van der Waals surface area contributed by atoms with E-state index in [4.69, 9.17) is 5.11 Å². The van der Waals surface area contributed by atoms with E-state index in [0.29, 0.717) is 11.6 Å². The van der Waals surface area contributed by atoms with Gasteiger partial charge in [-0.3, -0.25) is 0 Å². The third-order valence-electron chi connectivity index (χ3n) is 3.86. The quantitative estimate of drug-likeness (QED) is 0.790. The van der Waals surface area contributed by atoms with Gasteiger partial charge in [-0.1, -0.05) is 12.8 Å². The van der Waals surface area contributed by atoms with Crippen LogP contribution < -0.4 is 10.6 Å². The molecule has 0 saturated heterocycles. The van der Waals surface area contributed by atoms with Crippen LogP contribution in [0, 0.1) is 5.92 Å². The summed E-state index contributed by atoms with van der Waals surface area (Å²) in [4.78, 5) is 22.6. The zero-order valence-corrected chi connectivity index (χ0v) is 11.6. The summed E-state index contributed by atoms with van der Waals surface area (Å²) in [5.74, 6) is -0.411. The third-order valence-corrected chi connectivity index (χ3v) is 3.86. The summed E-state index contributed by atoms with van der Waals surface area (Å²) in [7, 11) is 0. The van der Waals surface area contributed by atoms with E-state index in [2.05, 4.69) is 10.6 Å². The SMILES string of the molecule is CC(NC(=O)Nc1ccc(C(=O)O)cc1)C1CCCC1. The second-order valence-electron chi connectivity index (χ2n) is 5.31. The molecule has 3 N–H and O–H groups in total. The Hall–Kier alpha value is -2.04. The molecule has 1 aliphatic rings. The second kappa shape index (κ2) is 6.41. The first-order valence-electron chi connectivity index (χ1n) is 6.97. The molecular formula is C15H20N2O3. The Morgan fingerprint density at radius 3 is 2.35 bits per heavy atom. The van der Waals surface area contributed by atoms with E-state index in [-0.39, 0.29) is 17.6 Å². The highest BCUT2D eigenvalue weighted by Crippen LogP contribution is 2.27. The van der Waals surface area contributed by atoms with Crippen molar-refractivity contribution in [1.29, 1.82) is 0 Å². The number of amides is 2.